The van der Waals surface area contributed by atoms with Gasteiger partial charge in [-0.1, -0.05) is 12.7 Å². The first-order valence-corrected chi connectivity index (χ1v) is 4.42. The minimum Gasteiger partial charge on any atom is -0.307 e. The van der Waals surface area contributed by atoms with E-state index < -0.39 is 0 Å². The summed E-state index contributed by atoms with van der Waals surface area (Å²) >= 11 is 0. The number of hydrogen-bond donors (Lipinski definition) is 0. The molecule has 0 spiro atoms. The number of nitrogens with zero attached hydrogens (tertiary/aromatic N) is 2. The number of rotatable bonds is 4. The normalized spacial score (nSPS) is 9.67. The lowest BCUT2D eigenvalue weighted by atomic mass is 10.2. The quantitative estimate of drug-likeness (QED) is 0.696. The molecule has 0 fully saturated rings. The van der Waals surface area contributed by atoms with Crippen LogP contribution in [0.15, 0.2) is 28.6 Å². The smallest absolute Gasteiger partial charge is 0.260 e. The number of pyridine rings is 1. The van der Waals surface area contributed by atoms with Gasteiger partial charge < -0.3 is 4.57 Å². The second-order valence-electron chi connectivity index (χ2n) is 3.11. The molecule has 0 radical (unpaired) electrons. The summed E-state index contributed by atoms with van der Waals surface area (Å²) in [6, 6.07) is 1.63. The average molecular weight is 204 g/mol. The molecule has 0 bridgehead atoms. The zero-order valence-corrected chi connectivity index (χ0v) is 8.56. The molecule has 1 rings (SSSR count). The van der Waals surface area contributed by atoms with Crippen molar-refractivity contribution in [2.24, 2.45) is 4.99 Å². The average Bonchev–Trinajstić information content (AvgIpc) is 2.20. The summed E-state index contributed by atoms with van der Waals surface area (Å²) in [6.45, 7) is 8.39. The van der Waals surface area contributed by atoms with Gasteiger partial charge in [0.25, 0.3) is 5.56 Å². The van der Waals surface area contributed by atoms with Crippen molar-refractivity contribution in [2.75, 3.05) is 0 Å². The van der Waals surface area contributed by atoms with Crippen molar-refractivity contribution in [2.45, 2.75) is 13.5 Å². The lowest BCUT2D eigenvalue weighted by molar-refractivity contribution is -0.117. The Bertz CT molecular complexity index is 472. The zero-order valence-electron chi connectivity index (χ0n) is 8.56. The van der Waals surface area contributed by atoms with Crippen LogP contribution < -0.4 is 5.56 Å². The van der Waals surface area contributed by atoms with E-state index in [1.807, 2.05) is 0 Å². The van der Waals surface area contributed by atoms with Gasteiger partial charge >= 0.3 is 0 Å². The summed E-state index contributed by atoms with van der Waals surface area (Å²) in [5, 5.41) is 0. The van der Waals surface area contributed by atoms with Gasteiger partial charge in [0.1, 0.15) is 5.78 Å². The van der Waals surface area contributed by atoms with Gasteiger partial charge in [-0.3, -0.25) is 14.6 Å². The molecule has 0 aliphatic rings. The molecule has 78 valence electrons. The summed E-state index contributed by atoms with van der Waals surface area (Å²) in [6.07, 6.45) is 2.95. The van der Waals surface area contributed by atoms with Gasteiger partial charge in [-0.25, -0.2) is 0 Å². The fourth-order valence-corrected chi connectivity index (χ4v) is 1.28. The van der Waals surface area contributed by atoms with Crippen molar-refractivity contribution in [3.63, 3.8) is 0 Å². The van der Waals surface area contributed by atoms with Crippen molar-refractivity contribution in [1.29, 1.82) is 0 Å². The number of carbonyl (C=O) groups excluding carboxylic acids is 1. The highest BCUT2D eigenvalue weighted by Crippen LogP contribution is 2.14. The molecule has 1 heterocycles. The summed E-state index contributed by atoms with van der Waals surface area (Å²) in [4.78, 5) is 26.4. The predicted octanol–water partition coefficient (Wildman–Crippen LogP) is 1.41. The molecule has 1 aromatic rings. The topological polar surface area (TPSA) is 51.4 Å². The fourth-order valence-electron chi connectivity index (χ4n) is 1.28. The number of hydrogen-bond acceptors (Lipinski definition) is 3. The third-order valence-electron chi connectivity index (χ3n) is 1.95. The highest BCUT2D eigenvalue weighted by molar-refractivity contribution is 5.75. The van der Waals surface area contributed by atoms with Crippen LogP contribution in [0.4, 0.5) is 5.69 Å². The molecule has 0 unspecified atom stereocenters. The molecule has 0 aromatic carbocycles. The van der Waals surface area contributed by atoms with Crippen molar-refractivity contribution >= 4 is 24.3 Å². The minimum atomic E-state index is -0.273. The Morgan fingerprint density at radius 1 is 1.67 bits per heavy atom. The van der Waals surface area contributed by atoms with Crippen LogP contribution in [-0.2, 0) is 11.3 Å². The number of ketones is 1. The van der Waals surface area contributed by atoms with Crippen molar-refractivity contribution in [1.82, 2.24) is 4.57 Å². The number of aliphatic imine (C=N–C) groups is 1. The van der Waals surface area contributed by atoms with Gasteiger partial charge in [0.05, 0.1) is 17.8 Å². The zero-order chi connectivity index (χ0) is 11.4. The first-order chi connectivity index (χ1) is 7.10. The summed E-state index contributed by atoms with van der Waals surface area (Å²) in [7, 11) is 0. The van der Waals surface area contributed by atoms with Crippen molar-refractivity contribution in [3.05, 3.63) is 34.8 Å². The van der Waals surface area contributed by atoms with Crippen LogP contribution in [0, 0.1) is 0 Å². The predicted molar refractivity (Wildman–Crippen MR) is 60.7 cm³/mol. The van der Waals surface area contributed by atoms with Crippen LogP contribution in [0.5, 0.6) is 0 Å². The lowest BCUT2D eigenvalue weighted by Gasteiger charge is -2.05. The molecule has 0 aliphatic heterocycles. The van der Waals surface area contributed by atoms with Crippen LogP contribution >= 0.6 is 0 Å². The van der Waals surface area contributed by atoms with E-state index in [-0.39, 0.29) is 17.9 Å². The van der Waals surface area contributed by atoms with Gasteiger partial charge in [0, 0.05) is 6.20 Å². The molecular formula is C11H12N2O2. The first kappa shape index (κ1) is 11.1. The van der Waals surface area contributed by atoms with Gasteiger partial charge in [-0.2, -0.15) is 0 Å². The maximum absolute atomic E-state index is 11.8. The SMILES string of the molecule is C=Cc1c(N=C)ccn(CC(C)=O)c1=O. The van der Waals surface area contributed by atoms with E-state index in [1.54, 1.807) is 6.07 Å². The van der Waals surface area contributed by atoms with Gasteiger partial charge in [0.2, 0.25) is 0 Å². The van der Waals surface area contributed by atoms with Crippen LogP contribution in [0.25, 0.3) is 6.08 Å². The van der Waals surface area contributed by atoms with E-state index >= 15 is 0 Å². The molecule has 0 saturated heterocycles. The van der Waals surface area contributed by atoms with Crippen molar-refractivity contribution in [3.8, 4) is 0 Å². The second kappa shape index (κ2) is 4.50. The highest BCUT2D eigenvalue weighted by atomic mass is 16.1. The Labute approximate surface area is 87.6 Å². The van der Waals surface area contributed by atoms with E-state index in [0.717, 1.165) is 0 Å². The van der Waals surface area contributed by atoms with Gasteiger partial charge in [0.15, 0.2) is 0 Å². The molecule has 0 atom stereocenters. The monoisotopic (exact) mass is 204 g/mol. The lowest BCUT2D eigenvalue weighted by Crippen LogP contribution is -2.24. The van der Waals surface area contributed by atoms with Crippen LogP contribution in [-0.4, -0.2) is 17.1 Å². The van der Waals surface area contributed by atoms with Crippen LogP contribution in [0.1, 0.15) is 12.5 Å². The summed E-state index contributed by atoms with van der Waals surface area (Å²) in [5.74, 6) is -0.0774. The standard InChI is InChI=1S/C11H12N2O2/c1-4-9-10(12-3)5-6-13(11(9)15)7-8(2)14/h4-6H,1,3,7H2,2H3. The Balaban J connectivity index is 3.35. The molecular weight excluding hydrogens is 192 g/mol. The molecule has 4 heteroatoms. The summed E-state index contributed by atoms with van der Waals surface area (Å²) in [5.41, 5.74) is 0.577. The number of carbonyl (C=O) groups is 1. The van der Waals surface area contributed by atoms with Crippen LogP contribution in [0.3, 0.4) is 0 Å². The number of aromatic nitrogens is 1. The largest absolute Gasteiger partial charge is 0.307 e. The number of Topliss-reactive ketones (excluding diaryl/α,β-unsaturated/α-hetero) is 1. The first-order valence-electron chi connectivity index (χ1n) is 4.42. The van der Waals surface area contributed by atoms with Crippen molar-refractivity contribution < 1.29 is 4.79 Å². The summed E-state index contributed by atoms with van der Waals surface area (Å²) < 4.78 is 1.33. The molecule has 0 aliphatic carbocycles. The van der Waals surface area contributed by atoms with Gasteiger partial charge in [-0.15, -0.1) is 0 Å². The molecule has 1 aromatic heterocycles. The Morgan fingerprint density at radius 2 is 2.33 bits per heavy atom. The maximum Gasteiger partial charge on any atom is 0.260 e. The van der Waals surface area contributed by atoms with E-state index in [0.29, 0.717) is 11.3 Å². The molecule has 15 heavy (non-hydrogen) atoms. The Morgan fingerprint density at radius 3 is 2.80 bits per heavy atom. The van der Waals surface area contributed by atoms with E-state index in [1.165, 1.54) is 23.8 Å². The maximum atomic E-state index is 11.8. The third kappa shape index (κ3) is 2.28. The molecule has 4 nitrogen and oxygen atoms in total. The minimum absolute atomic E-state index is 0.0666. The Kier molecular flexibility index (Phi) is 3.33. The third-order valence-corrected chi connectivity index (χ3v) is 1.95. The van der Waals surface area contributed by atoms with Gasteiger partial charge in [-0.05, 0) is 19.7 Å². The van der Waals surface area contributed by atoms with E-state index in [4.69, 9.17) is 0 Å². The van der Waals surface area contributed by atoms with E-state index in [9.17, 15) is 9.59 Å². The highest BCUT2D eigenvalue weighted by Gasteiger charge is 2.06. The van der Waals surface area contributed by atoms with E-state index in [2.05, 4.69) is 18.3 Å². The van der Waals surface area contributed by atoms with Crippen LogP contribution in [0.2, 0.25) is 0 Å². The Hall–Kier alpha value is -1.97. The molecule has 0 N–H and O–H groups in total. The molecule has 0 saturated carbocycles. The molecule has 0 amide bonds. The fraction of sp³-hybridized carbons (Fsp3) is 0.182. The second-order valence-corrected chi connectivity index (χ2v) is 3.11.